The van der Waals surface area contributed by atoms with Gasteiger partial charge in [0.1, 0.15) is 5.35 Å². The second-order valence-corrected chi connectivity index (χ2v) is 6.89. The van der Waals surface area contributed by atoms with E-state index in [9.17, 15) is 5.11 Å². The van der Waals surface area contributed by atoms with Crippen molar-refractivity contribution in [3.63, 3.8) is 0 Å². The zero-order valence-corrected chi connectivity index (χ0v) is 14.8. The van der Waals surface area contributed by atoms with Gasteiger partial charge in [0.25, 0.3) is 0 Å². The highest BCUT2D eigenvalue weighted by molar-refractivity contribution is 5.72. The Kier molecular flexibility index (Phi) is 3.84. The lowest BCUT2D eigenvalue weighted by Crippen LogP contribution is -2.33. The summed E-state index contributed by atoms with van der Waals surface area (Å²) in [7, 11) is 0. The van der Waals surface area contributed by atoms with Gasteiger partial charge in [-0.1, -0.05) is 72.0 Å². The number of aromatic nitrogens is 3. The maximum absolute atomic E-state index is 10.6. The van der Waals surface area contributed by atoms with Crippen molar-refractivity contribution in [2.45, 2.75) is 19.1 Å². The van der Waals surface area contributed by atoms with Crippen LogP contribution in [0.25, 0.3) is 12.2 Å². The van der Waals surface area contributed by atoms with Crippen molar-refractivity contribution >= 4 is 12.2 Å². The minimum Gasteiger partial charge on any atom is -0.384 e. The Balaban J connectivity index is 1.73. The quantitative estimate of drug-likeness (QED) is 0.898. The number of allylic oxidation sites excluding steroid dienone is 7. The molecule has 0 saturated carbocycles. The molecular formula is C23H19N3O. The van der Waals surface area contributed by atoms with Crippen LogP contribution in [-0.2, 0) is 6.54 Å². The Morgan fingerprint density at radius 2 is 1.89 bits per heavy atom. The molecule has 0 saturated heterocycles. The molecule has 27 heavy (non-hydrogen) atoms. The van der Waals surface area contributed by atoms with Crippen LogP contribution in [0, 0.1) is 0 Å². The molecule has 2 aromatic rings. The molecule has 1 N–H and O–H groups in total. The van der Waals surface area contributed by atoms with E-state index in [2.05, 4.69) is 46.7 Å². The number of aliphatic hydroxyl groups is 1. The molecule has 3 aliphatic carbocycles. The molecule has 0 radical (unpaired) electrons. The molecule has 3 aliphatic rings. The Labute approximate surface area is 157 Å². The van der Waals surface area contributed by atoms with Crippen LogP contribution in [0.5, 0.6) is 0 Å². The van der Waals surface area contributed by atoms with Crippen LogP contribution in [-0.4, -0.2) is 26.2 Å². The third-order valence-corrected chi connectivity index (χ3v) is 5.14. The van der Waals surface area contributed by atoms with Gasteiger partial charge in [-0.05, 0) is 46.4 Å². The second kappa shape index (κ2) is 6.49. The van der Waals surface area contributed by atoms with E-state index in [0.29, 0.717) is 6.54 Å². The van der Waals surface area contributed by atoms with E-state index in [1.807, 2.05) is 47.2 Å². The predicted octanol–water partition coefficient (Wildman–Crippen LogP) is 1.94. The molecule has 1 atom stereocenters. The summed E-state index contributed by atoms with van der Waals surface area (Å²) in [5.74, 6) is 0. The van der Waals surface area contributed by atoms with Gasteiger partial charge < -0.3 is 5.11 Å². The lowest BCUT2D eigenvalue weighted by molar-refractivity contribution is 0.260. The first-order chi connectivity index (χ1) is 13.3. The van der Waals surface area contributed by atoms with Crippen molar-refractivity contribution in [1.82, 2.24) is 15.0 Å². The van der Waals surface area contributed by atoms with Gasteiger partial charge in [-0.2, -0.15) is 0 Å². The van der Waals surface area contributed by atoms with Crippen molar-refractivity contribution in [2.24, 2.45) is 0 Å². The zero-order chi connectivity index (χ0) is 18.2. The van der Waals surface area contributed by atoms with Crippen molar-refractivity contribution in [3.8, 4) is 0 Å². The normalized spacial score (nSPS) is 22.9. The number of hydrogen-bond acceptors (Lipinski definition) is 3. The van der Waals surface area contributed by atoms with Gasteiger partial charge in [0, 0.05) is 0 Å². The van der Waals surface area contributed by atoms with E-state index >= 15 is 0 Å². The molecule has 0 amide bonds. The van der Waals surface area contributed by atoms with Crippen LogP contribution in [0.1, 0.15) is 12.0 Å². The molecule has 0 fully saturated rings. The summed E-state index contributed by atoms with van der Waals surface area (Å²) in [6, 6.07) is 10.3. The fourth-order valence-corrected chi connectivity index (χ4v) is 3.83. The van der Waals surface area contributed by atoms with Gasteiger partial charge in [0.2, 0.25) is 0 Å². The van der Waals surface area contributed by atoms with Gasteiger partial charge in [0.05, 0.1) is 18.0 Å². The summed E-state index contributed by atoms with van der Waals surface area (Å²) in [4.78, 5) is 0. The highest BCUT2D eigenvalue weighted by Gasteiger charge is 2.23. The number of fused-ring (bicyclic) bond motifs is 3. The molecule has 0 spiro atoms. The average molecular weight is 353 g/mol. The van der Waals surface area contributed by atoms with E-state index in [1.165, 1.54) is 5.56 Å². The first-order valence-corrected chi connectivity index (χ1v) is 9.14. The number of benzene rings is 1. The summed E-state index contributed by atoms with van der Waals surface area (Å²) in [5, 5.41) is 21.2. The molecule has 1 aromatic carbocycles. The minimum absolute atomic E-state index is 0.597. The second-order valence-electron chi connectivity index (χ2n) is 6.89. The number of nitrogens with zero attached hydrogens (tertiary/aromatic N) is 3. The molecule has 1 aromatic heterocycles. The maximum atomic E-state index is 10.6. The van der Waals surface area contributed by atoms with Crippen LogP contribution in [0.4, 0.5) is 0 Å². The predicted molar refractivity (Wildman–Crippen MR) is 106 cm³/mol. The van der Waals surface area contributed by atoms with Crippen LogP contribution in [0.3, 0.4) is 0 Å². The van der Waals surface area contributed by atoms with Crippen LogP contribution in [0.2, 0.25) is 0 Å². The molecule has 0 bridgehead atoms. The Morgan fingerprint density at radius 1 is 1.04 bits per heavy atom. The van der Waals surface area contributed by atoms with E-state index in [4.69, 9.17) is 0 Å². The summed E-state index contributed by atoms with van der Waals surface area (Å²) in [6.45, 7) is 0.671. The molecule has 4 nitrogen and oxygen atoms in total. The van der Waals surface area contributed by atoms with Crippen LogP contribution >= 0.6 is 0 Å². The standard InChI is InChI=1S/C23H19N3O/c27-22-12-6-10-18-13-20-21(14-17-9-4-5-11-19(17)23(18)22)26(25-24-20)15-16-7-2-1-3-8-16/h1-10,12-14,22,27H,11,15H2/b20-13?,21-14?,23-19+. The maximum Gasteiger partial charge on any atom is 0.113 e. The van der Waals surface area contributed by atoms with Crippen LogP contribution in [0.15, 0.2) is 89.1 Å². The Bertz CT molecular complexity index is 1170. The van der Waals surface area contributed by atoms with Gasteiger partial charge >= 0.3 is 0 Å². The summed E-state index contributed by atoms with van der Waals surface area (Å²) in [6.07, 6.45) is 16.5. The van der Waals surface area contributed by atoms with Crippen molar-refractivity contribution < 1.29 is 5.11 Å². The molecule has 1 unspecified atom stereocenters. The lowest BCUT2D eigenvalue weighted by atomic mass is 9.83. The molecule has 4 heteroatoms. The van der Waals surface area contributed by atoms with E-state index in [0.717, 1.165) is 39.4 Å². The van der Waals surface area contributed by atoms with Crippen molar-refractivity contribution in [1.29, 1.82) is 0 Å². The fourth-order valence-electron chi connectivity index (χ4n) is 3.83. The molecule has 5 rings (SSSR count). The molecule has 1 heterocycles. The monoisotopic (exact) mass is 353 g/mol. The first-order valence-electron chi connectivity index (χ1n) is 9.14. The zero-order valence-electron chi connectivity index (χ0n) is 14.8. The van der Waals surface area contributed by atoms with Gasteiger partial charge in [0.15, 0.2) is 0 Å². The Morgan fingerprint density at radius 3 is 2.78 bits per heavy atom. The smallest absolute Gasteiger partial charge is 0.113 e. The Hall–Kier alpha value is -3.24. The highest BCUT2D eigenvalue weighted by Crippen LogP contribution is 2.33. The fraction of sp³-hybridized carbons (Fsp3) is 0.130. The van der Waals surface area contributed by atoms with E-state index in [-0.39, 0.29) is 0 Å². The number of rotatable bonds is 2. The van der Waals surface area contributed by atoms with Crippen molar-refractivity contribution in [2.75, 3.05) is 0 Å². The van der Waals surface area contributed by atoms with Gasteiger partial charge in [-0.15, -0.1) is 5.10 Å². The lowest BCUT2D eigenvalue weighted by Gasteiger charge is -2.24. The van der Waals surface area contributed by atoms with Crippen LogP contribution < -0.4 is 10.7 Å². The molecule has 132 valence electrons. The summed E-state index contributed by atoms with van der Waals surface area (Å²) < 4.78 is 1.94. The minimum atomic E-state index is -0.597. The summed E-state index contributed by atoms with van der Waals surface area (Å²) >= 11 is 0. The molecule has 0 aliphatic heterocycles. The van der Waals surface area contributed by atoms with Gasteiger partial charge in [-0.3, -0.25) is 0 Å². The van der Waals surface area contributed by atoms with E-state index in [1.54, 1.807) is 0 Å². The third-order valence-electron chi connectivity index (χ3n) is 5.14. The average Bonchev–Trinajstić information content (AvgIpc) is 3.03. The number of aliphatic hydroxyl groups excluding tert-OH is 1. The SMILES string of the molecule is OC1C=CC=C2C=c3nnn(Cc4ccccc4)c3=CC3=CC=CC/C3=C/21. The van der Waals surface area contributed by atoms with Crippen molar-refractivity contribution in [3.05, 3.63) is 105 Å². The van der Waals surface area contributed by atoms with E-state index < -0.39 is 6.10 Å². The summed E-state index contributed by atoms with van der Waals surface area (Å²) in [5.41, 5.74) is 5.42. The topological polar surface area (TPSA) is 50.9 Å². The third kappa shape index (κ3) is 2.84. The molecular weight excluding hydrogens is 334 g/mol. The number of hydrogen-bond donors (Lipinski definition) is 1. The van der Waals surface area contributed by atoms with Gasteiger partial charge in [-0.25, -0.2) is 4.68 Å². The first kappa shape index (κ1) is 16.0. The highest BCUT2D eigenvalue weighted by atomic mass is 16.3. The largest absolute Gasteiger partial charge is 0.384 e.